The van der Waals surface area contributed by atoms with Gasteiger partial charge in [-0.25, -0.2) is 13.2 Å². The number of halogens is 3. The van der Waals surface area contributed by atoms with E-state index in [1.165, 1.54) is 69.8 Å². The molecule has 0 amide bonds. The molecule has 2 aliphatic carbocycles. The third kappa shape index (κ3) is 4.76. The van der Waals surface area contributed by atoms with E-state index in [1.807, 2.05) is 12.1 Å². The molecule has 0 spiro atoms. The molecule has 2 atom stereocenters. The predicted octanol–water partition coefficient (Wildman–Crippen LogP) is 8.65. The monoisotopic (exact) mass is 414 g/mol. The summed E-state index contributed by atoms with van der Waals surface area (Å²) in [5.74, 6) is -0.353. The fourth-order valence-corrected chi connectivity index (χ4v) is 5.87. The summed E-state index contributed by atoms with van der Waals surface area (Å²) in [6, 6.07) is 10.1. The van der Waals surface area contributed by atoms with Gasteiger partial charge in [0.1, 0.15) is 0 Å². The molecule has 0 aromatic heterocycles. The molecule has 2 aromatic carbocycles. The fraction of sp³-hybridized carbons (Fsp3) is 0.556. The highest BCUT2D eigenvalue weighted by Gasteiger charge is 2.29. The van der Waals surface area contributed by atoms with Gasteiger partial charge in [-0.1, -0.05) is 63.3 Å². The van der Waals surface area contributed by atoms with E-state index in [1.54, 1.807) is 0 Å². The van der Waals surface area contributed by atoms with Gasteiger partial charge in [0.05, 0.1) is 0 Å². The van der Waals surface area contributed by atoms with Crippen molar-refractivity contribution in [2.45, 2.75) is 77.0 Å². The molecule has 0 nitrogen and oxygen atoms in total. The molecular weight excluding hydrogens is 381 g/mol. The Hall–Kier alpha value is -1.77. The highest BCUT2D eigenvalue weighted by molar-refractivity contribution is 5.64. The van der Waals surface area contributed by atoms with Crippen LogP contribution in [0.1, 0.15) is 82.6 Å². The smallest absolute Gasteiger partial charge is 0.194 e. The molecule has 0 heterocycles. The number of benzene rings is 2. The van der Waals surface area contributed by atoms with Crippen molar-refractivity contribution < 1.29 is 13.2 Å². The van der Waals surface area contributed by atoms with Crippen LogP contribution >= 0.6 is 0 Å². The number of rotatable bonds is 4. The maximum atomic E-state index is 13.6. The molecular formula is C27H33F3. The molecule has 0 N–H and O–H groups in total. The van der Waals surface area contributed by atoms with E-state index >= 15 is 0 Å². The van der Waals surface area contributed by atoms with Gasteiger partial charge < -0.3 is 0 Å². The summed E-state index contributed by atoms with van der Waals surface area (Å²) < 4.78 is 40.3. The van der Waals surface area contributed by atoms with Crippen LogP contribution in [0.25, 0.3) is 11.1 Å². The van der Waals surface area contributed by atoms with Crippen LogP contribution in [-0.4, -0.2) is 0 Å². The van der Waals surface area contributed by atoms with Crippen molar-refractivity contribution >= 4 is 0 Å². The molecule has 3 heteroatoms. The van der Waals surface area contributed by atoms with Crippen LogP contribution in [0, 0.1) is 35.2 Å². The van der Waals surface area contributed by atoms with E-state index in [4.69, 9.17) is 0 Å². The standard InChI is InChI=1S/C27H33F3/c1-2-18-6-8-21(9-7-18)19-4-3-5-20(11-10-19)22-12-14-23(15-13-22)24-16-25(28)27(30)26(29)17-24/h12-21H,2-11H2,1H3. The van der Waals surface area contributed by atoms with Gasteiger partial charge in [-0.3, -0.25) is 0 Å². The first-order valence-electron chi connectivity index (χ1n) is 11.8. The maximum Gasteiger partial charge on any atom is 0.194 e. The van der Waals surface area contributed by atoms with Gasteiger partial charge in [-0.05, 0) is 84.6 Å². The minimum Gasteiger partial charge on any atom is -0.204 e. The molecule has 0 radical (unpaired) electrons. The largest absolute Gasteiger partial charge is 0.204 e. The predicted molar refractivity (Wildman–Crippen MR) is 117 cm³/mol. The van der Waals surface area contributed by atoms with Crippen molar-refractivity contribution in [3.05, 3.63) is 59.4 Å². The average Bonchev–Trinajstić information content (AvgIpc) is 3.04. The van der Waals surface area contributed by atoms with Gasteiger partial charge in [0.25, 0.3) is 0 Å². The highest BCUT2D eigenvalue weighted by atomic mass is 19.2. The summed E-state index contributed by atoms with van der Waals surface area (Å²) in [7, 11) is 0. The Labute approximate surface area is 178 Å². The third-order valence-electron chi connectivity index (χ3n) is 7.85. The lowest BCUT2D eigenvalue weighted by Gasteiger charge is -2.33. The van der Waals surface area contributed by atoms with Gasteiger partial charge in [0, 0.05) is 0 Å². The van der Waals surface area contributed by atoms with E-state index in [0.717, 1.165) is 35.4 Å². The molecule has 2 fully saturated rings. The summed E-state index contributed by atoms with van der Waals surface area (Å²) >= 11 is 0. The van der Waals surface area contributed by atoms with Crippen molar-refractivity contribution in [1.29, 1.82) is 0 Å². The Morgan fingerprint density at radius 2 is 1.30 bits per heavy atom. The summed E-state index contributed by atoms with van der Waals surface area (Å²) in [6.07, 6.45) is 13.5. The molecule has 30 heavy (non-hydrogen) atoms. The summed E-state index contributed by atoms with van der Waals surface area (Å²) in [6.45, 7) is 2.33. The summed E-state index contributed by atoms with van der Waals surface area (Å²) in [4.78, 5) is 0. The highest BCUT2D eigenvalue weighted by Crippen LogP contribution is 2.43. The van der Waals surface area contributed by atoms with E-state index < -0.39 is 17.5 Å². The van der Waals surface area contributed by atoms with Crippen LogP contribution in [0.2, 0.25) is 0 Å². The normalized spacial score (nSPS) is 27.6. The van der Waals surface area contributed by atoms with Gasteiger partial charge in [-0.15, -0.1) is 0 Å². The molecule has 162 valence electrons. The Kier molecular flexibility index (Phi) is 6.85. The minimum absolute atomic E-state index is 0.376. The summed E-state index contributed by atoms with van der Waals surface area (Å²) in [5.41, 5.74) is 2.41. The van der Waals surface area contributed by atoms with Gasteiger partial charge in [0.15, 0.2) is 17.5 Å². The lowest BCUT2D eigenvalue weighted by molar-refractivity contribution is 0.186. The first kappa shape index (κ1) is 21.5. The molecule has 0 bridgehead atoms. The fourth-order valence-electron chi connectivity index (χ4n) is 5.87. The van der Waals surface area contributed by atoms with Gasteiger partial charge >= 0.3 is 0 Å². The van der Waals surface area contributed by atoms with E-state index in [-0.39, 0.29) is 0 Å². The second-order valence-electron chi connectivity index (χ2n) is 9.53. The van der Waals surface area contributed by atoms with Crippen molar-refractivity contribution in [3.8, 4) is 11.1 Å². The SMILES string of the molecule is CCC1CCC(C2CCCC(c3ccc(-c4cc(F)c(F)c(F)c4)cc3)CC2)CC1. The van der Waals surface area contributed by atoms with Crippen molar-refractivity contribution in [1.82, 2.24) is 0 Å². The van der Waals surface area contributed by atoms with Crippen LogP contribution < -0.4 is 0 Å². The van der Waals surface area contributed by atoms with Crippen LogP contribution in [-0.2, 0) is 0 Å². The lowest BCUT2D eigenvalue weighted by Crippen LogP contribution is -2.21. The first-order chi connectivity index (χ1) is 14.5. The zero-order chi connectivity index (χ0) is 21.1. The molecule has 2 aromatic rings. The minimum atomic E-state index is -1.41. The van der Waals surface area contributed by atoms with E-state index in [0.29, 0.717) is 11.5 Å². The number of hydrogen-bond donors (Lipinski definition) is 0. The molecule has 2 saturated carbocycles. The second-order valence-corrected chi connectivity index (χ2v) is 9.53. The van der Waals surface area contributed by atoms with Crippen molar-refractivity contribution in [3.63, 3.8) is 0 Å². The van der Waals surface area contributed by atoms with Crippen LogP contribution in [0.5, 0.6) is 0 Å². The lowest BCUT2D eigenvalue weighted by atomic mass is 9.73. The van der Waals surface area contributed by atoms with Gasteiger partial charge in [-0.2, -0.15) is 0 Å². The van der Waals surface area contributed by atoms with Crippen molar-refractivity contribution in [2.24, 2.45) is 17.8 Å². The zero-order valence-electron chi connectivity index (χ0n) is 18.0. The van der Waals surface area contributed by atoms with E-state index in [2.05, 4.69) is 19.1 Å². The van der Waals surface area contributed by atoms with Gasteiger partial charge in [0.2, 0.25) is 0 Å². The summed E-state index contributed by atoms with van der Waals surface area (Å²) in [5, 5.41) is 0. The molecule has 2 unspecified atom stereocenters. The zero-order valence-corrected chi connectivity index (χ0v) is 18.0. The van der Waals surface area contributed by atoms with Crippen LogP contribution in [0.15, 0.2) is 36.4 Å². The topological polar surface area (TPSA) is 0 Å². The maximum absolute atomic E-state index is 13.6. The first-order valence-corrected chi connectivity index (χ1v) is 11.8. The Bertz CT molecular complexity index is 811. The Morgan fingerprint density at radius 3 is 1.93 bits per heavy atom. The Morgan fingerprint density at radius 1 is 0.700 bits per heavy atom. The third-order valence-corrected chi connectivity index (χ3v) is 7.85. The van der Waals surface area contributed by atoms with E-state index in [9.17, 15) is 13.2 Å². The molecule has 4 rings (SSSR count). The van der Waals surface area contributed by atoms with Crippen molar-refractivity contribution in [2.75, 3.05) is 0 Å². The second kappa shape index (κ2) is 9.58. The molecule has 2 aliphatic rings. The average molecular weight is 415 g/mol. The van der Waals surface area contributed by atoms with Crippen LogP contribution in [0.3, 0.4) is 0 Å². The molecule has 0 saturated heterocycles. The van der Waals surface area contributed by atoms with Crippen LogP contribution in [0.4, 0.5) is 13.2 Å². The quantitative estimate of drug-likeness (QED) is 0.347. The molecule has 0 aliphatic heterocycles. The Balaban J connectivity index is 1.39. The number of hydrogen-bond acceptors (Lipinski definition) is 0.